The number of aryl methyl sites for hydroxylation is 1. The van der Waals surface area contributed by atoms with Crippen molar-refractivity contribution in [3.05, 3.63) is 29.3 Å². The summed E-state index contributed by atoms with van der Waals surface area (Å²) in [4.78, 5) is 13.8. The Morgan fingerprint density at radius 3 is 2.64 bits per heavy atom. The van der Waals surface area contributed by atoms with Crippen molar-refractivity contribution >= 4 is 11.8 Å². The van der Waals surface area contributed by atoms with E-state index in [0.29, 0.717) is 30.0 Å². The number of carbonyl (C=O) groups is 1. The summed E-state index contributed by atoms with van der Waals surface area (Å²) in [5.74, 6) is 0.444. The van der Waals surface area contributed by atoms with Crippen LogP contribution in [0.15, 0.2) is 18.2 Å². The number of anilines is 1. The molecule has 1 aromatic rings. The molecule has 1 aliphatic carbocycles. The molecule has 0 aromatic heterocycles. The van der Waals surface area contributed by atoms with Crippen LogP contribution in [-0.2, 0) is 17.3 Å². The van der Waals surface area contributed by atoms with Crippen LogP contribution in [0.25, 0.3) is 0 Å². The van der Waals surface area contributed by atoms with Crippen molar-refractivity contribution < 1.29 is 22.7 Å². The van der Waals surface area contributed by atoms with Crippen molar-refractivity contribution in [3.8, 4) is 0 Å². The zero-order valence-electron chi connectivity index (χ0n) is 12.3. The van der Waals surface area contributed by atoms with Crippen LogP contribution in [0, 0.1) is 5.92 Å². The number of nitrogens with zero attached hydrogens (tertiary/aromatic N) is 1. The van der Waals surface area contributed by atoms with Crippen LogP contribution in [0.1, 0.15) is 37.3 Å². The van der Waals surface area contributed by atoms with Gasteiger partial charge in [0.2, 0.25) is 0 Å². The number of hydrogen-bond acceptors (Lipinski definition) is 2. The molecule has 1 fully saturated rings. The second-order valence-corrected chi connectivity index (χ2v) is 5.85. The van der Waals surface area contributed by atoms with E-state index in [1.807, 2.05) is 0 Å². The summed E-state index contributed by atoms with van der Waals surface area (Å²) in [6.45, 7) is 1.98. The summed E-state index contributed by atoms with van der Waals surface area (Å²) in [5.41, 5.74) is 0.467. The molecule has 3 nitrogen and oxygen atoms in total. The van der Waals surface area contributed by atoms with Crippen LogP contribution >= 0.6 is 0 Å². The maximum atomic E-state index is 12.8. The van der Waals surface area contributed by atoms with Crippen molar-refractivity contribution in [1.82, 2.24) is 0 Å². The minimum absolute atomic E-state index is 0.0447. The first kappa shape index (κ1) is 15.2. The highest BCUT2D eigenvalue weighted by Crippen LogP contribution is 2.44. The van der Waals surface area contributed by atoms with E-state index < -0.39 is 17.8 Å². The molecule has 1 unspecified atom stereocenters. The van der Waals surface area contributed by atoms with Crippen molar-refractivity contribution in [2.24, 2.45) is 5.92 Å². The summed E-state index contributed by atoms with van der Waals surface area (Å²) in [6.07, 6.45) is -1.43. The zero-order chi connectivity index (χ0) is 15.9. The van der Waals surface area contributed by atoms with Crippen LogP contribution in [0.4, 0.5) is 23.7 Å². The van der Waals surface area contributed by atoms with Gasteiger partial charge in [-0.1, -0.05) is 0 Å². The normalized spacial score (nSPS) is 21.5. The van der Waals surface area contributed by atoms with E-state index in [-0.39, 0.29) is 12.6 Å². The van der Waals surface area contributed by atoms with E-state index in [9.17, 15) is 18.0 Å². The van der Waals surface area contributed by atoms with Gasteiger partial charge in [0.15, 0.2) is 0 Å². The number of carbonyl (C=O) groups excluding carboxylic acids is 1. The minimum Gasteiger partial charge on any atom is -0.449 e. The third-order valence-electron chi connectivity index (χ3n) is 4.34. The number of ether oxygens (including phenoxy) is 1. The van der Waals surface area contributed by atoms with E-state index in [1.165, 1.54) is 6.07 Å². The van der Waals surface area contributed by atoms with Gasteiger partial charge in [-0.05, 0) is 62.3 Å². The average Bonchev–Trinajstić information content (AvgIpc) is 3.29. The highest BCUT2D eigenvalue weighted by molar-refractivity contribution is 5.90. The Morgan fingerprint density at radius 2 is 2.05 bits per heavy atom. The molecule has 1 heterocycles. The Kier molecular flexibility index (Phi) is 3.78. The Morgan fingerprint density at radius 1 is 1.32 bits per heavy atom. The van der Waals surface area contributed by atoms with Crippen molar-refractivity contribution in [2.75, 3.05) is 11.5 Å². The highest BCUT2D eigenvalue weighted by atomic mass is 19.4. The third kappa shape index (κ3) is 2.78. The molecule has 3 rings (SSSR count). The fourth-order valence-electron chi connectivity index (χ4n) is 3.16. The van der Waals surface area contributed by atoms with E-state index in [0.717, 1.165) is 25.0 Å². The molecule has 1 aliphatic heterocycles. The minimum atomic E-state index is -4.36. The second-order valence-electron chi connectivity index (χ2n) is 5.85. The standard InChI is InChI=1S/C16H18F3NO2/c1-2-22-15(21)20-13(10-3-4-10)7-5-11-9-12(16(17,18)19)6-8-14(11)20/h6,8-10,13H,2-5,7H2,1H3. The molecule has 22 heavy (non-hydrogen) atoms. The highest BCUT2D eigenvalue weighted by Gasteiger charge is 2.42. The largest absolute Gasteiger partial charge is 0.449 e. The second kappa shape index (κ2) is 5.48. The summed E-state index contributed by atoms with van der Waals surface area (Å²) in [6, 6.07) is 3.65. The van der Waals surface area contributed by atoms with Gasteiger partial charge in [0.05, 0.1) is 17.9 Å². The predicted octanol–water partition coefficient (Wildman–Crippen LogP) is 4.39. The van der Waals surface area contributed by atoms with Gasteiger partial charge >= 0.3 is 12.3 Å². The number of halogens is 3. The summed E-state index contributed by atoms with van der Waals surface area (Å²) in [5, 5.41) is 0. The molecule has 0 bridgehead atoms. The van der Waals surface area contributed by atoms with E-state index in [2.05, 4.69) is 0 Å². The van der Waals surface area contributed by atoms with Crippen molar-refractivity contribution in [3.63, 3.8) is 0 Å². The van der Waals surface area contributed by atoms with Crippen LogP contribution in [0.3, 0.4) is 0 Å². The van der Waals surface area contributed by atoms with Crippen LogP contribution in [0.5, 0.6) is 0 Å². The molecular weight excluding hydrogens is 295 g/mol. The summed E-state index contributed by atoms with van der Waals surface area (Å²) < 4.78 is 43.6. The van der Waals surface area contributed by atoms with Gasteiger partial charge in [0, 0.05) is 6.04 Å². The summed E-state index contributed by atoms with van der Waals surface area (Å²) >= 11 is 0. The van der Waals surface area contributed by atoms with Gasteiger partial charge in [-0.2, -0.15) is 13.2 Å². The first-order valence-corrected chi connectivity index (χ1v) is 7.58. The molecule has 2 aliphatic rings. The van der Waals surface area contributed by atoms with Gasteiger partial charge < -0.3 is 4.74 Å². The molecule has 6 heteroatoms. The number of amides is 1. The lowest BCUT2D eigenvalue weighted by molar-refractivity contribution is -0.137. The lowest BCUT2D eigenvalue weighted by atomic mass is 9.92. The maximum absolute atomic E-state index is 12.8. The average molecular weight is 313 g/mol. The number of alkyl halides is 3. The fourth-order valence-corrected chi connectivity index (χ4v) is 3.16. The Balaban J connectivity index is 1.97. The van der Waals surface area contributed by atoms with Gasteiger partial charge in [-0.15, -0.1) is 0 Å². The Hall–Kier alpha value is -1.72. The number of rotatable bonds is 2. The SMILES string of the molecule is CCOC(=O)N1c2ccc(C(F)(F)F)cc2CCC1C1CC1. The van der Waals surface area contributed by atoms with Crippen LogP contribution in [-0.4, -0.2) is 18.7 Å². The number of fused-ring (bicyclic) bond motifs is 1. The molecule has 0 radical (unpaired) electrons. The van der Waals surface area contributed by atoms with E-state index in [4.69, 9.17) is 4.74 Å². The predicted molar refractivity (Wildman–Crippen MR) is 75.8 cm³/mol. The van der Waals surface area contributed by atoms with Crippen molar-refractivity contribution in [1.29, 1.82) is 0 Å². The monoisotopic (exact) mass is 313 g/mol. The Labute approximate surface area is 127 Å². The molecule has 0 spiro atoms. The summed E-state index contributed by atoms with van der Waals surface area (Å²) in [7, 11) is 0. The van der Waals surface area contributed by atoms with Gasteiger partial charge in [-0.3, -0.25) is 4.90 Å². The quantitative estimate of drug-likeness (QED) is 0.810. The maximum Gasteiger partial charge on any atom is 0.416 e. The van der Waals surface area contributed by atoms with Gasteiger partial charge in [0.1, 0.15) is 0 Å². The van der Waals surface area contributed by atoms with E-state index in [1.54, 1.807) is 11.8 Å². The van der Waals surface area contributed by atoms with Gasteiger partial charge in [0.25, 0.3) is 0 Å². The number of benzene rings is 1. The Bertz CT molecular complexity index is 581. The molecule has 120 valence electrons. The lowest BCUT2D eigenvalue weighted by Gasteiger charge is -2.37. The number of hydrogen-bond donors (Lipinski definition) is 0. The molecular formula is C16H18F3NO2. The smallest absolute Gasteiger partial charge is 0.416 e. The molecule has 1 saturated carbocycles. The lowest BCUT2D eigenvalue weighted by Crippen LogP contribution is -2.45. The first-order valence-electron chi connectivity index (χ1n) is 7.58. The van der Waals surface area contributed by atoms with Crippen LogP contribution in [0.2, 0.25) is 0 Å². The van der Waals surface area contributed by atoms with E-state index >= 15 is 0 Å². The van der Waals surface area contributed by atoms with Crippen LogP contribution < -0.4 is 4.90 Å². The molecule has 1 aromatic carbocycles. The molecule has 1 atom stereocenters. The third-order valence-corrected chi connectivity index (χ3v) is 4.34. The first-order chi connectivity index (χ1) is 10.4. The van der Waals surface area contributed by atoms with Gasteiger partial charge in [-0.25, -0.2) is 4.79 Å². The zero-order valence-corrected chi connectivity index (χ0v) is 12.3. The molecule has 1 amide bonds. The fraction of sp³-hybridized carbons (Fsp3) is 0.562. The molecule has 0 saturated heterocycles. The topological polar surface area (TPSA) is 29.5 Å². The molecule has 0 N–H and O–H groups in total. The van der Waals surface area contributed by atoms with Crippen molar-refractivity contribution in [2.45, 2.75) is 44.8 Å².